The fourth-order valence-electron chi connectivity index (χ4n) is 3.31. The van der Waals surface area contributed by atoms with E-state index in [0.29, 0.717) is 22.9 Å². The van der Waals surface area contributed by atoms with Crippen molar-refractivity contribution in [1.29, 1.82) is 0 Å². The van der Waals surface area contributed by atoms with Crippen molar-refractivity contribution in [2.45, 2.75) is 19.9 Å². The minimum absolute atomic E-state index is 0.381. The number of aromatic nitrogens is 4. The zero-order valence-corrected chi connectivity index (χ0v) is 15.5. The van der Waals surface area contributed by atoms with Crippen molar-refractivity contribution >= 4 is 22.6 Å². The molecule has 0 fully saturated rings. The zero-order chi connectivity index (χ0) is 19.7. The van der Waals surface area contributed by atoms with Crippen molar-refractivity contribution in [2.24, 2.45) is 0 Å². The number of carbonyl (C=O) groups excluding carboxylic acids is 2. The number of aromatic amines is 2. The SMILES string of the molecule is Cc1nc(C(NC(=O)C(=O)c2c(C)[nH]c3ccccc23)c2ccccc2)n[nH]1. The number of H-pyrrole nitrogens is 2. The third-order valence-corrected chi connectivity index (χ3v) is 4.61. The highest BCUT2D eigenvalue weighted by Crippen LogP contribution is 2.24. The summed E-state index contributed by atoms with van der Waals surface area (Å²) in [7, 11) is 0. The third-order valence-electron chi connectivity index (χ3n) is 4.61. The molecule has 7 nitrogen and oxygen atoms in total. The maximum Gasteiger partial charge on any atom is 0.293 e. The molecule has 7 heteroatoms. The molecule has 0 aliphatic rings. The van der Waals surface area contributed by atoms with Crippen LogP contribution in [0.4, 0.5) is 0 Å². The Bertz CT molecular complexity index is 1160. The Balaban J connectivity index is 1.68. The quantitative estimate of drug-likeness (QED) is 0.369. The highest BCUT2D eigenvalue weighted by atomic mass is 16.2. The van der Waals surface area contributed by atoms with Crippen LogP contribution in [0.1, 0.15) is 39.3 Å². The lowest BCUT2D eigenvalue weighted by molar-refractivity contribution is -0.117. The van der Waals surface area contributed by atoms with Gasteiger partial charge in [-0.15, -0.1) is 0 Å². The van der Waals surface area contributed by atoms with Gasteiger partial charge in [-0.2, -0.15) is 5.10 Å². The summed E-state index contributed by atoms with van der Waals surface area (Å²) >= 11 is 0. The van der Waals surface area contributed by atoms with Crippen molar-refractivity contribution in [2.75, 3.05) is 0 Å². The van der Waals surface area contributed by atoms with Crippen LogP contribution >= 0.6 is 0 Å². The van der Waals surface area contributed by atoms with Crippen LogP contribution in [0.2, 0.25) is 0 Å². The van der Waals surface area contributed by atoms with Crippen molar-refractivity contribution < 1.29 is 9.59 Å². The summed E-state index contributed by atoms with van der Waals surface area (Å²) in [5.74, 6) is -0.267. The van der Waals surface area contributed by atoms with Crippen LogP contribution < -0.4 is 5.32 Å². The van der Waals surface area contributed by atoms with Gasteiger partial charge in [0, 0.05) is 16.6 Å². The molecule has 2 aromatic heterocycles. The first-order chi connectivity index (χ1) is 13.5. The summed E-state index contributed by atoms with van der Waals surface area (Å²) in [6, 6.07) is 16.1. The number of nitrogens with one attached hydrogen (secondary N) is 3. The molecule has 0 aliphatic carbocycles. The number of rotatable bonds is 5. The second-order valence-corrected chi connectivity index (χ2v) is 6.60. The van der Waals surface area contributed by atoms with E-state index in [0.717, 1.165) is 16.5 Å². The van der Waals surface area contributed by atoms with Gasteiger partial charge >= 0.3 is 0 Å². The lowest BCUT2D eigenvalue weighted by Gasteiger charge is -2.16. The molecule has 1 atom stereocenters. The number of ketones is 1. The van der Waals surface area contributed by atoms with Crippen molar-refractivity contribution in [3.8, 4) is 0 Å². The van der Waals surface area contributed by atoms with Gasteiger partial charge in [-0.25, -0.2) is 4.98 Å². The number of nitrogens with zero attached hydrogens (tertiary/aromatic N) is 2. The maximum absolute atomic E-state index is 13.0. The molecule has 1 amide bonds. The van der Waals surface area contributed by atoms with Crippen molar-refractivity contribution in [1.82, 2.24) is 25.5 Å². The smallest absolute Gasteiger partial charge is 0.293 e. The number of fused-ring (bicyclic) bond motifs is 1. The van der Waals surface area contributed by atoms with Gasteiger partial charge < -0.3 is 10.3 Å². The molecule has 2 aromatic carbocycles. The fourth-order valence-corrected chi connectivity index (χ4v) is 3.31. The molecule has 2 heterocycles. The van der Waals surface area contributed by atoms with Gasteiger partial charge in [-0.1, -0.05) is 48.5 Å². The summed E-state index contributed by atoms with van der Waals surface area (Å²) in [5.41, 5.74) is 2.65. The first-order valence-electron chi connectivity index (χ1n) is 8.91. The number of para-hydroxylation sites is 1. The minimum atomic E-state index is -0.704. The molecular formula is C21H19N5O2. The Morgan fingerprint density at radius 1 is 1.00 bits per heavy atom. The van der Waals surface area contributed by atoms with Crippen LogP contribution in [0, 0.1) is 13.8 Å². The fraction of sp³-hybridized carbons (Fsp3) is 0.143. The lowest BCUT2D eigenvalue weighted by atomic mass is 10.0. The molecule has 140 valence electrons. The van der Waals surface area contributed by atoms with E-state index in [1.54, 1.807) is 13.8 Å². The predicted octanol–water partition coefficient (Wildman–Crippen LogP) is 2.99. The second-order valence-electron chi connectivity index (χ2n) is 6.60. The number of carbonyl (C=O) groups is 2. The van der Waals surface area contributed by atoms with Crippen LogP contribution in [0.3, 0.4) is 0 Å². The Morgan fingerprint density at radius 2 is 1.71 bits per heavy atom. The van der Waals surface area contributed by atoms with Gasteiger partial charge in [0.25, 0.3) is 11.7 Å². The number of aryl methyl sites for hydroxylation is 2. The summed E-state index contributed by atoms with van der Waals surface area (Å²) in [5, 5.41) is 10.5. The van der Waals surface area contributed by atoms with Gasteiger partial charge in [0.05, 0.1) is 5.56 Å². The topological polar surface area (TPSA) is 104 Å². The molecule has 0 saturated carbocycles. The number of hydrogen-bond acceptors (Lipinski definition) is 4. The summed E-state index contributed by atoms with van der Waals surface area (Å²) in [6.07, 6.45) is 0. The van der Waals surface area contributed by atoms with E-state index in [2.05, 4.69) is 25.5 Å². The Kier molecular flexibility index (Phi) is 4.49. The molecule has 3 N–H and O–H groups in total. The molecule has 0 bridgehead atoms. The van der Waals surface area contributed by atoms with Gasteiger partial charge in [-0.3, -0.25) is 14.7 Å². The van der Waals surface area contributed by atoms with Crippen LogP contribution in [0.15, 0.2) is 54.6 Å². The molecule has 0 aliphatic heterocycles. The molecular weight excluding hydrogens is 354 g/mol. The average Bonchev–Trinajstić information content (AvgIpc) is 3.28. The molecule has 0 saturated heterocycles. The van der Waals surface area contributed by atoms with E-state index in [4.69, 9.17) is 0 Å². The van der Waals surface area contributed by atoms with E-state index in [9.17, 15) is 9.59 Å². The van der Waals surface area contributed by atoms with Crippen molar-refractivity contribution in [3.05, 3.63) is 83.1 Å². The van der Waals surface area contributed by atoms with E-state index in [-0.39, 0.29) is 0 Å². The lowest BCUT2D eigenvalue weighted by Crippen LogP contribution is -2.35. The molecule has 28 heavy (non-hydrogen) atoms. The van der Waals surface area contributed by atoms with Crippen LogP contribution in [-0.4, -0.2) is 31.9 Å². The second kappa shape index (κ2) is 7.11. The molecule has 1 unspecified atom stereocenters. The third kappa shape index (κ3) is 3.18. The van der Waals surface area contributed by atoms with E-state index in [1.807, 2.05) is 54.6 Å². The molecule has 0 radical (unpaired) electrons. The molecule has 0 spiro atoms. The summed E-state index contributed by atoms with van der Waals surface area (Å²) in [6.45, 7) is 3.56. The van der Waals surface area contributed by atoms with Gasteiger partial charge in [0.15, 0.2) is 5.82 Å². The number of amides is 1. The standard InChI is InChI=1S/C21H19N5O2/c1-12-17(15-10-6-7-11-16(15)22-12)19(27)21(28)24-18(14-8-4-3-5-9-14)20-23-13(2)25-26-20/h3-11,18,22H,1-2H3,(H,24,28)(H,23,25,26). The van der Waals surface area contributed by atoms with E-state index < -0.39 is 17.7 Å². The average molecular weight is 373 g/mol. The Hall–Kier alpha value is -3.74. The van der Waals surface area contributed by atoms with Crippen LogP contribution in [0.5, 0.6) is 0 Å². The Labute approximate surface area is 161 Å². The largest absolute Gasteiger partial charge is 0.358 e. The summed E-state index contributed by atoms with van der Waals surface area (Å²) < 4.78 is 0. The normalized spacial score (nSPS) is 12.1. The van der Waals surface area contributed by atoms with Gasteiger partial charge in [0.2, 0.25) is 0 Å². The van der Waals surface area contributed by atoms with Crippen molar-refractivity contribution in [3.63, 3.8) is 0 Å². The first-order valence-corrected chi connectivity index (χ1v) is 8.91. The maximum atomic E-state index is 13.0. The number of Topliss-reactive ketones (excluding diaryl/α,β-unsaturated/α-hetero) is 1. The summed E-state index contributed by atoms with van der Waals surface area (Å²) in [4.78, 5) is 33.3. The monoisotopic (exact) mass is 373 g/mol. The molecule has 4 aromatic rings. The van der Waals surface area contributed by atoms with Gasteiger partial charge in [-0.05, 0) is 25.5 Å². The minimum Gasteiger partial charge on any atom is -0.358 e. The van der Waals surface area contributed by atoms with E-state index >= 15 is 0 Å². The van der Waals surface area contributed by atoms with E-state index in [1.165, 1.54) is 0 Å². The highest BCUT2D eigenvalue weighted by molar-refractivity contribution is 6.45. The zero-order valence-electron chi connectivity index (χ0n) is 15.5. The number of hydrogen-bond donors (Lipinski definition) is 3. The molecule has 4 rings (SSSR count). The number of benzene rings is 2. The first kappa shape index (κ1) is 17.7. The van der Waals surface area contributed by atoms with Crippen LogP contribution in [-0.2, 0) is 4.79 Å². The Morgan fingerprint density at radius 3 is 2.43 bits per heavy atom. The highest BCUT2D eigenvalue weighted by Gasteiger charge is 2.27. The predicted molar refractivity (Wildman–Crippen MR) is 105 cm³/mol. The van der Waals surface area contributed by atoms with Gasteiger partial charge in [0.1, 0.15) is 11.9 Å². The van der Waals surface area contributed by atoms with Crippen LogP contribution in [0.25, 0.3) is 10.9 Å².